The van der Waals surface area contributed by atoms with Gasteiger partial charge in [0.15, 0.2) is 5.82 Å². The van der Waals surface area contributed by atoms with E-state index in [2.05, 4.69) is 20.5 Å². The minimum absolute atomic E-state index is 0.0106. The van der Waals surface area contributed by atoms with Crippen LogP contribution in [0.15, 0.2) is 24.3 Å². The highest BCUT2D eigenvalue weighted by Crippen LogP contribution is 2.18. The zero-order chi connectivity index (χ0) is 13.7. The average Bonchev–Trinajstić information content (AvgIpc) is 2.88. The molecule has 7 heteroatoms. The third kappa shape index (κ3) is 3.55. The van der Waals surface area contributed by atoms with E-state index >= 15 is 0 Å². The average molecular weight is 277 g/mol. The molecule has 4 N–H and O–H groups in total. The first-order chi connectivity index (χ1) is 9.22. The first-order valence-electron chi connectivity index (χ1n) is 5.73. The van der Waals surface area contributed by atoms with E-state index < -0.39 is 0 Å². The van der Waals surface area contributed by atoms with Crippen LogP contribution in [0, 0.1) is 0 Å². The quantitative estimate of drug-likeness (QED) is 0.764. The Morgan fingerprint density at radius 2 is 2.16 bits per heavy atom. The summed E-state index contributed by atoms with van der Waals surface area (Å²) >= 11 is 1.49. The lowest BCUT2D eigenvalue weighted by molar-refractivity contribution is -0.113. The van der Waals surface area contributed by atoms with Gasteiger partial charge in [-0.15, -0.1) is 0 Å². The second-order valence-electron chi connectivity index (χ2n) is 3.87. The highest BCUT2D eigenvalue weighted by molar-refractivity contribution is 7.99. The summed E-state index contributed by atoms with van der Waals surface area (Å²) in [5, 5.41) is 9.64. The predicted octanol–water partition coefficient (Wildman–Crippen LogP) is 1.23. The molecular weight excluding hydrogens is 262 g/mol. The summed E-state index contributed by atoms with van der Waals surface area (Å²) in [7, 11) is 0. The number of carbonyl (C=O) groups excluding carboxylic acids is 1. The molecule has 0 saturated heterocycles. The summed E-state index contributed by atoms with van der Waals surface area (Å²) in [6, 6.07) is 7.37. The maximum atomic E-state index is 11.4. The number of benzene rings is 1. The van der Waals surface area contributed by atoms with Crippen LogP contribution in [0.2, 0.25) is 0 Å². The van der Waals surface area contributed by atoms with Crippen molar-refractivity contribution in [1.82, 2.24) is 15.2 Å². The number of nitrogens with one attached hydrogen (secondary N) is 2. The normalized spacial score (nSPS) is 10.4. The molecule has 2 aromatic rings. The molecule has 19 heavy (non-hydrogen) atoms. The van der Waals surface area contributed by atoms with Crippen LogP contribution in [0.1, 0.15) is 5.82 Å². The number of thioether (sulfide) groups is 1. The fraction of sp³-hybridized carbons (Fsp3) is 0.250. The van der Waals surface area contributed by atoms with Crippen molar-refractivity contribution >= 4 is 23.4 Å². The minimum atomic E-state index is -0.0106. The van der Waals surface area contributed by atoms with Gasteiger partial charge in [0, 0.05) is 11.3 Å². The molecule has 0 fully saturated rings. The number of aromatic amines is 1. The molecule has 0 aliphatic rings. The summed E-state index contributed by atoms with van der Waals surface area (Å²) < 4.78 is 0. The molecule has 0 atom stereocenters. The van der Waals surface area contributed by atoms with E-state index in [4.69, 9.17) is 5.73 Å². The Morgan fingerprint density at radius 1 is 1.42 bits per heavy atom. The Kier molecular flexibility index (Phi) is 4.53. The van der Waals surface area contributed by atoms with Crippen molar-refractivity contribution in [2.45, 2.75) is 6.54 Å². The van der Waals surface area contributed by atoms with Gasteiger partial charge in [-0.1, -0.05) is 0 Å². The summed E-state index contributed by atoms with van der Waals surface area (Å²) in [4.78, 5) is 15.7. The highest BCUT2D eigenvalue weighted by atomic mass is 32.2. The predicted molar refractivity (Wildman–Crippen MR) is 76.7 cm³/mol. The Morgan fingerprint density at radius 3 is 2.74 bits per heavy atom. The van der Waals surface area contributed by atoms with Crippen LogP contribution in [0.3, 0.4) is 0 Å². The van der Waals surface area contributed by atoms with E-state index in [9.17, 15) is 4.79 Å². The fourth-order valence-corrected chi connectivity index (χ4v) is 1.88. The van der Waals surface area contributed by atoms with Crippen molar-refractivity contribution in [3.8, 4) is 11.4 Å². The molecule has 0 radical (unpaired) electrons. The maximum absolute atomic E-state index is 11.4. The SMILES string of the molecule is CSCC(=O)Nc1ccc(-c2n[nH]c(CN)n2)cc1. The van der Waals surface area contributed by atoms with Gasteiger partial charge in [0.25, 0.3) is 0 Å². The van der Waals surface area contributed by atoms with Crippen LogP contribution in [-0.2, 0) is 11.3 Å². The van der Waals surface area contributed by atoms with Crippen LogP contribution >= 0.6 is 11.8 Å². The first-order valence-corrected chi connectivity index (χ1v) is 7.13. The van der Waals surface area contributed by atoms with Gasteiger partial charge in [-0.05, 0) is 30.5 Å². The van der Waals surface area contributed by atoms with Crippen LogP contribution < -0.4 is 11.1 Å². The van der Waals surface area contributed by atoms with Gasteiger partial charge < -0.3 is 11.1 Å². The van der Waals surface area contributed by atoms with Crippen LogP contribution in [0.4, 0.5) is 5.69 Å². The smallest absolute Gasteiger partial charge is 0.234 e. The molecule has 1 aromatic carbocycles. The Hall–Kier alpha value is -1.86. The molecule has 6 nitrogen and oxygen atoms in total. The number of hydrogen-bond donors (Lipinski definition) is 3. The first kappa shape index (κ1) is 13.6. The van der Waals surface area contributed by atoms with Crippen LogP contribution in [0.5, 0.6) is 0 Å². The number of anilines is 1. The number of H-pyrrole nitrogens is 1. The summed E-state index contributed by atoms with van der Waals surface area (Å²) in [5.41, 5.74) is 7.10. The Balaban J connectivity index is 2.07. The van der Waals surface area contributed by atoms with Gasteiger partial charge in [-0.3, -0.25) is 9.89 Å². The number of nitrogens with zero attached hydrogens (tertiary/aromatic N) is 2. The van der Waals surface area contributed by atoms with Crippen molar-refractivity contribution in [2.24, 2.45) is 5.73 Å². The lowest BCUT2D eigenvalue weighted by atomic mass is 10.2. The number of nitrogens with two attached hydrogens (primary N) is 1. The number of hydrogen-bond acceptors (Lipinski definition) is 5. The molecular formula is C12H15N5OS. The molecule has 0 aliphatic heterocycles. The molecule has 100 valence electrons. The topological polar surface area (TPSA) is 96.7 Å². The van der Waals surface area contributed by atoms with Gasteiger partial charge >= 0.3 is 0 Å². The van der Waals surface area contributed by atoms with Crippen LogP contribution in [-0.4, -0.2) is 33.1 Å². The molecule has 0 unspecified atom stereocenters. The molecule has 0 bridgehead atoms. The molecule has 0 spiro atoms. The van der Waals surface area contributed by atoms with E-state index in [0.717, 1.165) is 11.3 Å². The third-order valence-corrected chi connectivity index (χ3v) is 2.98. The van der Waals surface area contributed by atoms with Gasteiger partial charge in [0.05, 0.1) is 12.3 Å². The van der Waals surface area contributed by atoms with E-state index in [1.807, 2.05) is 30.5 Å². The van der Waals surface area contributed by atoms with E-state index in [0.29, 0.717) is 23.9 Å². The zero-order valence-corrected chi connectivity index (χ0v) is 11.3. The largest absolute Gasteiger partial charge is 0.325 e. The molecule has 0 saturated carbocycles. The molecule has 1 aromatic heterocycles. The molecule has 1 heterocycles. The molecule has 1 amide bonds. The molecule has 0 aliphatic carbocycles. The number of carbonyl (C=O) groups is 1. The van der Waals surface area contributed by atoms with Gasteiger partial charge in [-0.25, -0.2) is 4.98 Å². The van der Waals surface area contributed by atoms with Gasteiger partial charge in [-0.2, -0.15) is 16.9 Å². The number of aromatic nitrogens is 3. The van der Waals surface area contributed by atoms with Crippen molar-refractivity contribution in [3.05, 3.63) is 30.1 Å². The zero-order valence-electron chi connectivity index (χ0n) is 10.5. The van der Waals surface area contributed by atoms with Crippen molar-refractivity contribution in [3.63, 3.8) is 0 Å². The van der Waals surface area contributed by atoms with E-state index in [-0.39, 0.29) is 5.91 Å². The monoisotopic (exact) mass is 277 g/mol. The fourth-order valence-electron chi connectivity index (χ4n) is 1.55. The van der Waals surface area contributed by atoms with Crippen molar-refractivity contribution < 1.29 is 4.79 Å². The summed E-state index contributed by atoms with van der Waals surface area (Å²) in [6.45, 7) is 0.329. The van der Waals surface area contributed by atoms with Gasteiger partial charge in [0.1, 0.15) is 5.82 Å². The highest BCUT2D eigenvalue weighted by Gasteiger charge is 2.06. The second kappa shape index (κ2) is 6.35. The minimum Gasteiger partial charge on any atom is -0.325 e. The van der Waals surface area contributed by atoms with Gasteiger partial charge in [0.2, 0.25) is 5.91 Å². The van der Waals surface area contributed by atoms with Crippen molar-refractivity contribution in [1.29, 1.82) is 0 Å². The van der Waals surface area contributed by atoms with Crippen LogP contribution in [0.25, 0.3) is 11.4 Å². The summed E-state index contributed by atoms with van der Waals surface area (Å²) in [6.07, 6.45) is 1.89. The van der Waals surface area contributed by atoms with E-state index in [1.165, 1.54) is 11.8 Å². The standard InChI is InChI=1S/C12H15N5OS/c1-19-7-11(18)14-9-4-2-8(3-5-9)12-15-10(6-13)16-17-12/h2-5H,6-7,13H2,1H3,(H,14,18)(H,15,16,17). The van der Waals surface area contributed by atoms with Crippen molar-refractivity contribution in [2.75, 3.05) is 17.3 Å². The second-order valence-corrected chi connectivity index (χ2v) is 4.73. The Bertz CT molecular complexity index is 552. The lowest BCUT2D eigenvalue weighted by Crippen LogP contribution is -2.13. The number of amides is 1. The molecule has 2 rings (SSSR count). The Labute approximate surface area is 115 Å². The lowest BCUT2D eigenvalue weighted by Gasteiger charge is -2.04. The number of rotatable bonds is 5. The third-order valence-electron chi connectivity index (χ3n) is 2.43. The van der Waals surface area contributed by atoms with E-state index in [1.54, 1.807) is 0 Å². The maximum Gasteiger partial charge on any atom is 0.234 e. The summed E-state index contributed by atoms with van der Waals surface area (Å²) in [5.74, 6) is 1.68.